The van der Waals surface area contributed by atoms with E-state index in [1.807, 2.05) is 0 Å². The number of hydrogen-bond donors (Lipinski definition) is 2. The quantitative estimate of drug-likeness (QED) is 0.781. The standard InChI is InChI=1S/C13H17NO4/c14-9-3-4-12(11(8-9)13(15)16)18-7-5-10-2-1-6-17-10/h3-4,8,10H,1-2,5-7,14H2,(H,15,16). The molecule has 3 N–H and O–H groups in total. The van der Waals surface area contributed by atoms with Crippen LogP contribution in [0.3, 0.4) is 0 Å². The Morgan fingerprint density at radius 2 is 2.39 bits per heavy atom. The molecule has 2 rings (SSSR count). The van der Waals surface area contributed by atoms with Gasteiger partial charge in [0.25, 0.3) is 0 Å². The normalized spacial score (nSPS) is 18.8. The lowest BCUT2D eigenvalue weighted by molar-refractivity contribution is 0.0689. The van der Waals surface area contributed by atoms with Crippen LogP contribution in [-0.2, 0) is 4.74 Å². The fourth-order valence-corrected chi connectivity index (χ4v) is 2.01. The fraction of sp³-hybridized carbons (Fsp3) is 0.462. The molecule has 1 heterocycles. The van der Waals surface area contributed by atoms with Crippen molar-refractivity contribution < 1.29 is 19.4 Å². The summed E-state index contributed by atoms with van der Waals surface area (Å²) < 4.78 is 11.0. The van der Waals surface area contributed by atoms with Gasteiger partial charge in [-0.05, 0) is 31.0 Å². The molecule has 1 saturated heterocycles. The van der Waals surface area contributed by atoms with Gasteiger partial charge in [0, 0.05) is 18.7 Å². The molecule has 1 aliphatic heterocycles. The Kier molecular flexibility index (Phi) is 4.04. The summed E-state index contributed by atoms with van der Waals surface area (Å²) in [4.78, 5) is 11.0. The van der Waals surface area contributed by atoms with E-state index in [4.69, 9.17) is 20.3 Å². The van der Waals surface area contributed by atoms with E-state index in [2.05, 4.69) is 0 Å². The second kappa shape index (κ2) is 5.73. The van der Waals surface area contributed by atoms with Crippen molar-refractivity contribution in [3.8, 4) is 5.75 Å². The van der Waals surface area contributed by atoms with Gasteiger partial charge in [-0.3, -0.25) is 0 Å². The number of hydrogen-bond acceptors (Lipinski definition) is 4. The van der Waals surface area contributed by atoms with Crippen LogP contribution in [0.5, 0.6) is 5.75 Å². The Bertz CT molecular complexity index is 427. The molecule has 0 bridgehead atoms. The first kappa shape index (κ1) is 12.7. The molecule has 0 radical (unpaired) electrons. The third-order valence-electron chi connectivity index (χ3n) is 2.96. The molecule has 1 unspecified atom stereocenters. The third kappa shape index (κ3) is 3.13. The van der Waals surface area contributed by atoms with Crippen molar-refractivity contribution in [2.45, 2.75) is 25.4 Å². The Labute approximate surface area is 106 Å². The molecule has 0 aliphatic carbocycles. The van der Waals surface area contributed by atoms with Crippen molar-refractivity contribution in [3.63, 3.8) is 0 Å². The van der Waals surface area contributed by atoms with Gasteiger partial charge in [-0.1, -0.05) is 0 Å². The van der Waals surface area contributed by atoms with Crippen LogP contribution in [0.15, 0.2) is 18.2 Å². The van der Waals surface area contributed by atoms with Gasteiger partial charge in [-0.2, -0.15) is 0 Å². The average Bonchev–Trinajstić information content (AvgIpc) is 2.84. The van der Waals surface area contributed by atoms with E-state index in [1.54, 1.807) is 12.1 Å². The number of nitrogens with two attached hydrogens (primary N) is 1. The number of nitrogen functional groups attached to an aromatic ring is 1. The Morgan fingerprint density at radius 1 is 1.56 bits per heavy atom. The molecule has 0 saturated carbocycles. The predicted octanol–water partition coefficient (Wildman–Crippen LogP) is 1.91. The second-order valence-electron chi connectivity index (χ2n) is 4.33. The lowest BCUT2D eigenvalue weighted by Crippen LogP contribution is -2.12. The molecule has 98 valence electrons. The smallest absolute Gasteiger partial charge is 0.339 e. The van der Waals surface area contributed by atoms with Crippen molar-refractivity contribution in [3.05, 3.63) is 23.8 Å². The zero-order valence-electron chi connectivity index (χ0n) is 10.1. The summed E-state index contributed by atoms with van der Waals surface area (Å²) in [6.45, 7) is 1.27. The Morgan fingerprint density at radius 3 is 3.06 bits per heavy atom. The summed E-state index contributed by atoms with van der Waals surface area (Å²) in [5.74, 6) is -0.677. The van der Waals surface area contributed by atoms with Gasteiger partial charge in [0.1, 0.15) is 11.3 Å². The van der Waals surface area contributed by atoms with Gasteiger partial charge in [0.15, 0.2) is 0 Å². The van der Waals surface area contributed by atoms with Crippen LogP contribution >= 0.6 is 0 Å². The highest BCUT2D eigenvalue weighted by atomic mass is 16.5. The van der Waals surface area contributed by atoms with E-state index >= 15 is 0 Å². The molecule has 0 aromatic heterocycles. The number of ether oxygens (including phenoxy) is 2. The van der Waals surface area contributed by atoms with E-state index in [0.29, 0.717) is 18.0 Å². The lowest BCUT2D eigenvalue weighted by atomic mass is 10.1. The van der Waals surface area contributed by atoms with E-state index in [9.17, 15) is 4.79 Å². The molecule has 0 spiro atoms. The number of benzene rings is 1. The maximum Gasteiger partial charge on any atom is 0.339 e. The summed E-state index contributed by atoms with van der Waals surface area (Å²) >= 11 is 0. The molecule has 1 aliphatic rings. The van der Waals surface area contributed by atoms with Gasteiger partial charge in [0.05, 0.1) is 12.7 Å². The van der Waals surface area contributed by atoms with Crippen LogP contribution in [-0.4, -0.2) is 30.4 Å². The number of carboxylic acids is 1. The third-order valence-corrected chi connectivity index (χ3v) is 2.96. The number of aromatic carboxylic acids is 1. The maximum atomic E-state index is 11.0. The first-order valence-corrected chi connectivity index (χ1v) is 6.04. The average molecular weight is 251 g/mol. The SMILES string of the molecule is Nc1ccc(OCCC2CCCO2)c(C(=O)O)c1. The van der Waals surface area contributed by atoms with Crippen LogP contribution in [0, 0.1) is 0 Å². The summed E-state index contributed by atoms with van der Waals surface area (Å²) in [7, 11) is 0. The summed E-state index contributed by atoms with van der Waals surface area (Å²) in [6.07, 6.45) is 3.17. The molecular weight excluding hydrogens is 234 g/mol. The Balaban J connectivity index is 1.93. The Hall–Kier alpha value is -1.75. The highest BCUT2D eigenvalue weighted by Crippen LogP contribution is 2.22. The monoisotopic (exact) mass is 251 g/mol. The largest absolute Gasteiger partial charge is 0.493 e. The number of anilines is 1. The summed E-state index contributed by atoms with van der Waals surface area (Å²) in [5, 5.41) is 9.04. The minimum absolute atomic E-state index is 0.0994. The molecule has 0 amide bonds. The van der Waals surface area contributed by atoms with Crippen molar-refractivity contribution in [2.24, 2.45) is 0 Å². The topological polar surface area (TPSA) is 81.8 Å². The van der Waals surface area contributed by atoms with Crippen molar-refractivity contribution in [2.75, 3.05) is 18.9 Å². The highest BCUT2D eigenvalue weighted by Gasteiger charge is 2.16. The molecule has 5 nitrogen and oxygen atoms in total. The van der Waals surface area contributed by atoms with Gasteiger partial charge in [-0.25, -0.2) is 4.79 Å². The van der Waals surface area contributed by atoms with Gasteiger partial charge in [0.2, 0.25) is 0 Å². The van der Waals surface area contributed by atoms with Crippen LogP contribution in [0.2, 0.25) is 0 Å². The van der Waals surface area contributed by atoms with E-state index < -0.39 is 5.97 Å². The van der Waals surface area contributed by atoms with E-state index in [0.717, 1.165) is 25.9 Å². The molecule has 18 heavy (non-hydrogen) atoms. The van der Waals surface area contributed by atoms with Crippen molar-refractivity contribution in [1.29, 1.82) is 0 Å². The minimum Gasteiger partial charge on any atom is -0.493 e. The number of rotatable bonds is 5. The fourth-order valence-electron chi connectivity index (χ4n) is 2.01. The van der Waals surface area contributed by atoms with Crippen molar-refractivity contribution >= 4 is 11.7 Å². The summed E-state index contributed by atoms with van der Waals surface area (Å²) in [6, 6.07) is 4.63. The maximum absolute atomic E-state index is 11.0. The number of carboxylic acid groups (broad SMARTS) is 1. The zero-order chi connectivity index (χ0) is 13.0. The molecule has 1 atom stereocenters. The first-order valence-electron chi connectivity index (χ1n) is 6.04. The van der Waals surface area contributed by atoms with Gasteiger partial charge < -0.3 is 20.3 Å². The van der Waals surface area contributed by atoms with Gasteiger partial charge >= 0.3 is 5.97 Å². The molecule has 1 aromatic rings. The second-order valence-corrected chi connectivity index (χ2v) is 4.33. The highest BCUT2D eigenvalue weighted by molar-refractivity contribution is 5.92. The van der Waals surface area contributed by atoms with Gasteiger partial charge in [-0.15, -0.1) is 0 Å². The van der Waals surface area contributed by atoms with Crippen LogP contribution in [0.4, 0.5) is 5.69 Å². The van der Waals surface area contributed by atoms with E-state index in [1.165, 1.54) is 6.07 Å². The van der Waals surface area contributed by atoms with E-state index in [-0.39, 0.29) is 11.7 Å². The van der Waals surface area contributed by atoms with Crippen LogP contribution < -0.4 is 10.5 Å². The number of carbonyl (C=O) groups is 1. The minimum atomic E-state index is -1.03. The molecular formula is C13H17NO4. The summed E-state index contributed by atoms with van der Waals surface area (Å²) in [5.41, 5.74) is 6.07. The lowest BCUT2D eigenvalue weighted by Gasteiger charge is -2.12. The van der Waals surface area contributed by atoms with Crippen LogP contribution in [0.1, 0.15) is 29.6 Å². The molecule has 1 fully saturated rings. The molecule has 5 heteroatoms. The van der Waals surface area contributed by atoms with Crippen LogP contribution in [0.25, 0.3) is 0 Å². The zero-order valence-corrected chi connectivity index (χ0v) is 10.1. The predicted molar refractivity (Wildman–Crippen MR) is 66.9 cm³/mol. The molecule has 1 aromatic carbocycles. The first-order chi connectivity index (χ1) is 8.66. The van der Waals surface area contributed by atoms with Crippen molar-refractivity contribution in [1.82, 2.24) is 0 Å².